The van der Waals surface area contributed by atoms with Gasteiger partial charge in [0.25, 0.3) is 0 Å². The Hall–Kier alpha value is -4.36. The lowest BCUT2D eigenvalue weighted by molar-refractivity contribution is -0.123. The Morgan fingerprint density at radius 1 is 1.26 bits per heavy atom. The highest BCUT2D eigenvalue weighted by molar-refractivity contribution is 6.30. The number of aromatic nitrogens is 1. The number of halogens is 1. The third-order valence-corrected chi connectivity index (χ3v) is 6.51. The maximum absolute atomic E-state index is 14.1. The number of amidine groups is 1. The van der Waals surface area contributed by atoms with Gasteiger partial charge in [0.05, 0.1) is 23.3 Å². The number of urea groups is 1. The lowest BCUT2D eigenvalue weighted by Gasteiger charge is -2.35. The summed E-state index contributed by atoms with van der Waals surface area (Å²) in [5.41, 5.74) is 2.26. The van der Waals surface area contributed by atoms with Crippen LogP contribution in [-0.2, 0) is 4.79 Å². The van der Waals surface area contributed by atoms with Gasteiger partial charge >= 0.3 is 6.03 Å². The molecule has 2 atom stereocenters. The van der Waals surface area contributed by atoms with Crippen LogP contribution in [0.1, 0.15) is 48.3 Å². The van der Waals surface area contributed by atoms with Crippen LogP contribution in [0.25, 0.3) is 0 Å². The maximum Gasteiger partial charge on any atom is 0.326 e. The van der Waals surface area contributed by atoms with Crippen LogP contribution in [-0.4, -0.2) is 58.3 Å². The molecular formula is C27H25ClN6O4. The molecular weight excluding hydrogens is 508 g/mol. The monoisotopic (exact) mass is 532 g/mol. The van der Waals surface area contributed by atoms with Crippen LogP contribution in [0.5, 0.6) is 5.75 Å². The highest BCUT2D eigenvalue weighted by Gasteiger charge is 2.46. The van der Waals surface area contributed by atoms with Crippen LogP contribution in [0.2, 0.25) is 5.02 Å². The van der Waals surface area contributed by atoms with E-state index in [4.69, 9.17) is 25.7 Å². The van der Waals surface area contributed by atoms with Crippen molar-refractivity contribution in [2.45, 2.75) is 32.0 Å². The quantitative estimate of drug-likeness (QED) is 0.528. The average Bonchev–Trinajstić information content (AvgIpc) is 3.56. The minimum atomic E-state index is -0.676. The first-order valence-electron chi connectivity index (χ1n) is 12.1. The van der Waals surface area contributed by atoms with Gasteiger partial charge in [-0.15, -0.1) is 0 Å². The normalized spacial score (nSPS) is 19.2. The molecule has 0 saturated carbocycles. The standard InChI is InChI=1S/C27H25ClN6O4/c1-16(2)38-22-11-17(12-29)3-8-20(22)26-32-24(18-4-6-19(28)7-5-18)25(21-14-37-15-31-21)34(26)27(36)33-10-9-30-23(35)13-33/h3-8,11,14-16,24-25H,9-10,13H2,1-2H3,(H,30,35). The van der Waals surface area contributed by atoms with E-state index in [0.29, 0.717) is 46.5 Å². The Kier molecular flexibility index (Phi) is 7.03. The first kappa shape index (κ1) is 25.3. The van der Waals surface area contributed by atoms with Crippen LogP contribution in [0.15, 0.2) is 64.5 Å². The summed E-state index contributed by atoms with van der Waals surface area (Å²) in [6.07, 6.45) is 2.59. The van der Waals surface area contributed by atoms with Crippen molar-refractivity contribution in [3.05, 3.63) is 82.5 Å². The second-order valence-corrected chi connectivity index (χ2v) is 9.66. The number of nitrogens with one attached hydrogen (secondary N) is 1. The van der Waals surface area contributed by atoms with Gasteiger partial charge in [-0.1, -0.05) is 23.7 Å². The molecule has 2 unspecified atom stereocenters. The first-order valence-corrected chi connectivity index (χ1v) is 12.5. The Labute approximate surface area is 224 Å². The van der Waals surface area contributed by atoms with E-state index in [0.717, 1.165) is 5.56 Å². The number of piperazine rings is 1. The number of aliphatic imine (C=N–C) groups is 1. The molecule has 0 bridgehead atoms. The fourth-order valence-corrected chi connectivity index (χ4v) is 4.73. The molecule has 3 heterocycles. The van der Waals surface area contributed by atoms with Crippen molar-refractivity contribution < 1.29 is 18.7 Å². The van der Waals surface area contributed by atoms with Crippen molar-refractivity contribution in [3.63, 3.8) is 0 Å². The van der Waals surface area contributed by atoms with E-state index in [-0.39, 0.29) is 18.6 Å². The van der Waals surface area contributed by atoms with E-state index < -0.39 is 18.1 Å². The fourth-order valence-electron chi connectivity index (χ4n) is 4.61. The van der Waals surface area contributed by atoms with Crippen molar-refractivity contribution in [1.29, 1.82) is 5.26 Å². The molecule has 0 aliphatic carbocycles. The molecule has 1 N–H and O–H groups in total. The van der Waals surface area contributed by atoms with E-state index in [1.54, 1.807) is 35.2 Å². The number of hydrogen-bond acceptors (Lipinski definition) is 7. The van der Waals surface area contributed by atoms with Crippen LogP contribution in [0.4, 0.5) is 4.79 Å². The third-order valence-electron chi connectivity index (χ3n) is 6.26. The topological polar surface area (TPSA) is 124 Å². The summed E-state index contributed by atoms with van der Waals surface area (Å²) < 4.78 is 11.4. The summed E-state index contributed by atoms with van der Waals surface area (Å²) in [5.74, 6) is 0.522. The van der Waals surface area contributed by atoms with Gasteiger partial charge in [0.1, 0.15) is 42.2 Å². The zero-order chi connectivity index (χ0) is 26.8. The minimum Gasteiger partial charge on any atom is -0.490 e. The van der Waals surface area contributed by atoms with Crippen molar-refractivity contribution in [2.24, 2.45) is 4.99 Å². The zero-order valence-electron chi connectivity index (χ0n) is 20.8. The molecule has 3 aromatic rings. The second-order valence-electron chi connectivity index (χ2n) is 9.22. The summed E-state index contributed by atoms with van der Waals surface area (Å²) in [7, 11) is 0. The molecule has 5 rings (SSSR count). The van der Waals surface area contributed by atoms with E-state index in [1.807, 2.05) is 26.0 Å². The fraction of sp³-hybridized carbons (Fsp3) is 0.296. The molecule has 1 aromatic heterocycles. The molecule has 1 saturated heterocycles. The molecule has 2 aliphatic heterocycles. The van der Waals surface area contributed by atoms with Gasteiger partial charge in [-0.25, -0.2) is 9.78 Å². The molecule has 2 aromatic carbocycles. The number of nitrogens with zero attached hydrogens (tertiary/aromatic N) is 5. The van der Waals surface area contributed by atoms with E-state index in [2.05, 4.69) is 16.4 Å². The van der Waals surface area contributed by atoms with Gasteiger partial charge in [0, 0.05) is 18.1 Å². The van der Waals surface area contributed by atoms with Gasteiger partial charge in [-0.3, -0.25) is 14.7 Å². The number of amides is 3. The number of benzene rings is 2. The Morgan fingerprint density at radius 2 is 2.05 bits per heavy atom. The lowest BCUT2D eigenvalue weighted by atomic mass is 9.98. The van der Waals surface area contributed by atoms with Gasteiger partial charge in [0.2, 0.25) is 5.91 Å². The smallest absolute Gasteiger partial charge is 0.326 e. The summed E-state index contributed by atoms with van der Waals surface area (Å²) in [5, 5.41) is 12.8. The molecule has 38 heavy (non-hydrogen) atoms. The van der Waals surface area contributed by atoms with Gasteiger partial charge < -0.3 is 19.4 Å². The van der Waals surface area contributed by atoms with Crippen molar-refractivity contribution in [2.75, 3.05) is 19.6 Å². The van der Waals surface area contributed by atoms with Gasteiger partial charge in [-0.05, 0) is 49.7 Å². The summed E-state index contributed by atoms with van der Waals surface area (Å²) in [6, 6.07) is 12.8. The first-order chi connectivity index (χ1) is 18.4. The van der Waals surface area contributed by atoms with Gasteiger partial charge in [-0.2, -0.15) is 5.26 Å². The van der Waals surface area contributed by atoms with Crippen molar-refractivity contribution in [1.82, 2.24) is 20.1 Å². The zero-order valence-corrected chi connectivity index (χ0v) is 21.6. The van der Waals surface area contributed by atoms with Crippen LogP contribution >= 0.6 is 11.6 Å². The predicted octanol–water partition coefficient (Wildman–Crippen LogP) is 4.08. The van der Waals surface area contributed by atoms with Crippen LogP contribution in [0, 0.1) is 11.3 Å². The number of carbonyl (C=O) groups excluding carboxylic acids is 2. The highest BCUT2D eigenvalue weighted by atomic mass is 35.5. The Bertz CT molecular complexity index is 1410. The molecule has 3 amide bonds. The predicted molar refractivity (Wildman–Crippen MR) is 139 cm³/mol. The molecule has 0 radical (unpaired) electrons. The largest absolute Gasteiger partial charge is 0.490 e. The number of rotatable bonds is 5. The number of ether oxygens (including phenoxy) is 1. The molecule has 10 nitrogen and oxygen atoms in total. The third kappa shape index (κ3) is 4.93. The molecule has 2 aliphatic rings. The van der Waals surface area contributed by atoms with Crippen molar-refractivity contribution in [3.8, 4) is 11.8 Å². The Balaban J connectivity index is 1.69. The maximum atomic E-state index is 14.1. The number of nitriles is 1. The number of oxazole rings is 1. The van der Waals surface area contributed by atoms with Crippen LogP contribution in [0.3, 0.4) is 0 Å². The van der Waals surface area contributed by atoms with Crippen LogP contribution < -0.4 is 10.1 Å². The summed E-state index contributed by atoms with van der Waals surface area (Å²) in [4.78, 5) is 38.8. The average molecular weight is 533 g/mol. The van der Waals surface area contributed by atoms with Crippen molar-refractivity contribution >= 4 is 29.4 Å². The van der Waals surface area contributed by atoms with E-state index >= 15 is 0 Å². The highest BCUT2D eigenvalue weighted by Crippen LogP contribution is 2.45. The Morgan fingerprint density at radius 3 is 2.71 bits per heavy atom. The number of carbonyl (C=O) groups is 2. The molecule has 194 valence electrons. The lowest BCUT2D eigenvalue weighted by Crippen LogP contribution is -2.55. The molecule has 11 heteroatoms. The summed E-state index contributed by atoms with van der Waals surface area (Å²) in [6.45, 7) is 4.36. The minimum absolute atomic E-state index is 0.0809. The SMILES string of the molecule is CC(C)Oc1cc(C#N)ccc1C1=NC(c2ccc(Cl)cc2)C(c2cocn2)N1C(=O)N1CCNC(=O)C1. The molecule has 0 spiro atoms. The molecule has 1 fully saturated rings. The van der Waals surface area contributed by atoms with Gasteiger partial charge in [0.15, 0.2) is 6.39 Å². The van der Waals surface area contributed by atoms with E-state index in [1.165, 1.54) is 17.6 Å². The van der Waals surface area contributed by atoms with E-state index in [9.17, 15) is 14.9 Å². The second kappa shape index (κ2) is 10.6. The number of hydrogen-bond donors (Lipinski definition) is 1. The summed E-state index contributed by atoms with van der Waals surface area (Å²) >= 11 is 6.16.